The van der Waals surface area contributed by atoms with Gasteiger partial charge in [-0.25, -0.2) is 9.78 Å². The smallest absolute Gasteiger partial charge is 0.341 e. The van der Waals surface area contributed by atoms with Gasteiger partial charge in [-0.1, -0.05) is 23.2 Å². The second-order valence-electron chi connectivity index (χ2n) is 4.24. The summed E-state index contributed by atoms with van der Waals surface area (Å²) in [5.74, 6) is -0.846. The van der Waals surface area contributed by atoms with Crippen LogP contribution in [0, 0.1) is 13.8 Å². The second-order valence-corrected chi connectivity index (χ2v) is 5.09. The molecule has 0 fully saturated rings. The first kappa shape index (κ1) is 14.6. The van der Waals surface area contributed by atoms with E-state index in [1.165, 1.54) is 6.07 Å². The molecular formula is C14H11Cl2NO3. The number of carbonyl (C=O) groups is 1. The van der Waals surface area contributed by atoms with Crippen molar-refractivity contribution in [3.8, 4) is 11.6 Å². The topological polar surface area (TPSA) is 59.4 Å². The van der Waals surface area contributed by atoms with E-state index in [1.807, 2.05) is 0 Å². The van der Waals surface area contributed by atoms with Crippen molar-refractivity contribution < 1.29 is 14.6 Å². The summed E-state index contributed by atoms with van der Waals surface area (Å²) in [4.78, 5) is 15.4. The number of halogens is 2. The summed E-state index contributed by atoms with van der Waals surface area (Å²) in [6.45, 7) is 3.44. The van der Waals surface area contributed by atoms with Crippen molar-refractivity contribution in [1.29, 1.82) is 0 Å². The van der Waals surface area contributed by atoms with E-state index < -0.39 is 5.97 Å². The largest absolute Gasteiger partial charge is 0.477 e. The Morgan fingerprint density at radius 3 is 2.60 bits per heavy atom. The van der Waals surface area contributed by atoms with Crippen LogP contribution < -0.4 is 4.74 Å². The van der Waals surface area contributed by atoms with Crippen molar-refractivity contribution >= 4 is 29.2 Å². The Balaban J connectivity index is 2.53. The van der Waals surface area contributed by atoms with Crippen LogP contribution in [-0.2, 0) is 0 Å². The summed E-state index contributed by atoms with van der Waals surface area (Å²) >= 11 is 11.9. The average Bonchev–Trinajstić information content (AvgIpc) is 2.32. The molecule has 6 heteroatoms. The average molecular weight is 312 g/mol. The molecule has 1 aromatic carbocycles. The number of hydrogen-bond acceptors (Lipinski definition) is 3. The summed E-state index contributed by atoms with van der Waals surface area (Å²) in [5.41, 5.74) is 1.23. The van der Waals surface area contributed by atoms with E-state index in [0.717, 1.165) is 0 Å². The molecule has 20 heavy (non-hydrogen) atoms. The number of aryl methyl sites for hydroxylation is 2. The Labute approximate surface area is 125 Å². The Bertz CT molecular complexity index is 686. The van der Waals surface area contributed by atoms with Gasteiger partial charge in [-0.15, -0.1) is 0 Å². The van der Waals surface area contributed by atoms with E-state index in [4.69, 9.17) is 27.9 Å². The molecule has 0 spiro atoms. The predicted molar refractivity (Wildman–Crippen MR) is 77.2 cm³/mol. The first-order valence-corrected chi connectivity index (χ1v) is 6.48. The van der Waals surface area contributed by atoms with Crippen LogP contribution in [0.1, 0.15) is 21.6 Å². The number of aromatic nitrogens is 1. The molecule has 0 amide bonds. The van der Waals surface area contributed by atoms with Gasteiger partial charge in [0.15, 0.2) is 0 Å². The van der Waals surface area contributed by atoms with Crippen molar-refractivity contribution in [2.75, 3.05) is 0 Å². The molecule has 0 bridgehead atoms. The van der Waals surface area contributed by atoms with E-state index >= 15 is 0 Å². The number of ether oxygens (including phenoxy) is 1. The fourth-order valence-electron chi connectivity index (χ4n) is 1.80. The monoisotopic (exact) mass is 311 g/mol. The molecule has 4 nitrogen and oxygen atoms in total. The molecule has 0 saturated carbocycles. The number of nitrogens with zero attached hydrogens (tertiary/aromatic N) is 1. The summed E-state index contributed by atoms with van der Waals surface area (Å²) in [5, 5.41) is 10.0. The van der Waals surface area contributed by atoms with Crippen LogP contribution in [-0.4, -0.2) is 16.1 Å². The van der Waals surface area contributed by atoms with Crippen LogP contribution in [0.2, 0.25) is 10.0 Å². The van der Waals surface area contributed by atoms with E-state index in [0.29, 0.717) is 21.3 Å². The molecular weight excluding hydrogens is 301 g/mol. The van der Waals surface area contributed by atoms with Crippen LogP contribution in [0.25, 0.3) is 0 Å². The first-order valence-electron chi connectivity index (χ1n) is 5.73. The van der Waals surface area contributed by atoms with Gasteiger partial charge < -0.3 is 9.84 Å². The number of pyridine rings is 1. The van der Waals surface area contributed by atoms with Crippen molar-refractivity contribution in [2.45, 2.75) is 13.8 Å². The molecule has 2 aromatic rings. The number of benzene rings is 1. The van der Waals surface area contributed by atoms with Gasteiger partial charge in [-0.05, 0) is 37.6 Å². The molecule has 0 unspecified atom stereocenters. The maximum atomic E-state index is 11.3. The lowest BCUT2D eigenvalue weighted by molar-refractivity contribution is 0.0692. The summed E-state index contributed by atoms with van der Waals surface area (Å²) in [7, 11) is 0. The molecule has 104 valence electrons. The van der Waals surface area contributed by atoms with Gasteiger partial charge >= 0.3 is 5.97 Å². The number of hydrogen-bond donors (Lipinski definition) is 1. The zero-order valence-corrected chi connectivity index (χ0v) is 12.3. The lowest BCUT2D eigenvalue weighted by atomic mass is 10.1. The highest BCUT2D eigenvalue weighted by Crippen LogP contribution is 2.33. The minimum absolute atomic E-state index is 0.000772. The Kier molecular flexibility index (Phi) is 4.16. The van der Waals surface area contributed by atoms with Gasteiger partial charge in [0.2, 0.25) is 5.88 Å². The minimum atomic E-state index is -1.11. The molecule has 0 aliphatic heterocycles. The van der Waals surface area contributed by atoms with Gasteiger partial charge in [0.1, 0.15) is 11.3 Å². The van der Waals surface area contributed by atoms with E-state index in [-0.39, 0.29) is 17.2 Å². The zero-order valence-electron chi connectivity index (χ0n) is 10.8. The van der Waals surface area contributed by atoms with Crippen LogP contribution >= 0.6 is 23.2 Å². The maximum Gasteiger partial charge on any atom is 0.341 e. The second kappa shape index (κ2) is 5.69. The van der Waals surface area contributed by atoms with Crippen LogP contribution in [0.15, 0.2) is 24.3 Å². The summed E-state index contributed by atoms with van der Waals surface area (Å²) < 4.78 is 5.54. The molecule has 0 aliphatic carbocycles. The third-order valence-corrected chi connectivity index (χ3v) is 3.17. The molecule has 0 aliphatic rings. The quantitative estimate of drug-likeness (QED) is 0.906. The SMILES string of the molecule is Cc1cc(C)c(C(=O)O)c(Oc2cc(Cl)ccc2Cl)n1. The highest BCUT2D eigenvalue weighted by molar-refractivity contribution is 6.34. The Morgan fingerprint density at radius 1 is 1.25 bits per heavy atom. The Morgan fingerprint density at radius 2 is 1.95 bits per heavy atom. The van der Waals surface area contributed by atoms with Gasteiger partial charge in [0.05, 0.1) is 5.02 Å². The highest BCUT2D eigenvalue weighted by Gasteiger charge is 2.18. The van der Waals surface area contributed by atoms with Crippen molar-refractivity contribution in [2.24, 2.45) is 0 Å². The van der Waals surface area contributed by atoms with E-state index in [2.05, 4.69) is 4.98 Å². The van der Waals surface area contributed by atoms with E-state index in [9.17, 15) is 9.90 Å². The van der Waals surface area contributed by atoms with Gasteiger partial charge in [-0.3, -0.25) is 0 Å². The fraction of sp³-hybridized carbons (Fsp3) is 0.143. The summed E-state index contributed by atoms with van der Waals surface area (Å²) in [6.07, 6.45) is 0. The molecule has 0 saturated heterocycles. The van der Waals surface area contributed by atoms with E-state index in [1.54, 1.807) is 32.0 Å². The molecule has 1 N–H and O–H groups in total. The summed E-state index contributed by atoms with van der Waals surface area (Å²) in [6, 6.07) is 6.37. The number of carboxylic acid groups (broad SMARTS) is 1. The van der Waals surface area contributed by atoms with Crippen molar-refractivity contribution in [3.63, 3.8) is 0 Å². The molecule has 0 atom stereocenters. The van der Waals surface area contributed by atoms with Gasteiger partial charge in [0, 0.05) is 16.8 Å². The van der Waals surface area contributed by atoms with Gasteiger partial charge in [-0.2, -0.15) is 0 Å². The number of rotatable bonds is 3. The van der Waals surface area contributed by atoms with Crippen LogP contribution in [0.3, 0.4) is 0 Å². The highest BCUT2D eigenvalue weighted by atomic mass is 35.5. The zero-order chi connectivity index (χ0) is 14.9. The van der Waals surface area contributed by atoms with Crippen molar-refractivity contribution in [1.82, 2.24) is 4.98 Å². The third-order valence-electron chi connectivity index (χ3n) is 2.63. The fourth-order valence-corrected chi connectivity index (χ4v) is 2.11. The molecule has 0 radical (unpaired) electrons. The maximum absolute atomic E-state index is 11.3. The van der Waals surface area contributed by atoms with Gasteiger partial charge in [0.25, 0.3) is 0 Å². The van der Waals surface area contributed by atoms with Crippen LogP contribution in [0.4, 0.5) is 0 Å². The first-order chi connectivity index (χ1) is 9.38. The molecule has 2 rings (SSSR count). The molecule has 1 heterocycles. The van der Waals surface area contributed by atoms with Crippen molar-refractivity contribution in [3.05, 3.63) is 51.1 Å². The standard InChI is InChI=1S/C14H11Cl2NO3/c1-7-5-8(2)17-13(12(7)14(18)19)20-11-6-9(15)3-4-10(11)16/h3-6H,1-2H3,(H,18,19). The minimum Gasteiger partial charge on any atom is -0.477 e. The Hall–Kier alpha value is -1.78. The number of carboxylic acids is 1. The number of aromatic carboxylic acids is 1. The molecule has 1 aromatic heterocycles. The lowest BCUT2D eigenvalue weighted by Gasteiger charge is -2.12. The lowest BCUT2D eigenvalue weighted by Crippen LogP contribution is -2.06. The predicted octanol–water partition coefficient (Wildman–Crippen LogP) is 4.50. The third kappa shape index (κ3) is 3.03. The normalized spacial score (nSPS) is 10.4. The van der Waals surface area contributed by atoms with Crippen LogP contribution in [0.5, 0.6) is 11.6 Å².